The van der Waals surface area contributed by atoms with E-state index in [0.29, 0.717) is 36.0 Å². The van der Waals surface area contributed by atoms with E-state index in [2.05, 4.69) is 10.3 Å². The number of carbonyl (C=O) groups excluding carboxylic acids is 1. The lowest BCUT2D eigenvalue weighted by molar-refractivity contribution is -0.121. The van der Waals surface area contributed by atoms with Crippen molar-refractivity contribution >= 4 is 5.91 Å². The Balaban J connectivity index is 1.55. The average Bonchev–Trinajstić information content (AvgIpc) is 3.21. The summed E-state index contributed by atoms with van der Waals surface area (Å²) in [6, 6.07) is 13.5. The van der Waals surface area contributed by atoms with Gasteiger partial charge in [-0.15, -0.1) is 0 Å². The molecule has 0 radical (unpaired) electrons. The van der Waals surface area contributed by atoms with Gasteiger partial charge in [-0.05, 0) is 31.5 Å². The molecule has 1 heterocycles. The summed E-state index contributed by atoms with van der Waals surface area (Å²) >= 11 is 0. The quantitative estimate of drug-likeness (QED) is 0.610. The first-order valence-electron chi connectivity index (χ1n) is 9.53. The van der Waals surface area contributed by atoms with Crippen molar-refractivity contribution in [3.8, 4) is 22.8 Å². The number of rotatable bonds is 8. The third-order valence-electron chi connectivity index (χ3n) is 4.74. The number of aryl methyl sites for hydroxylation is 2. The van der Waals surface area contributed by atoms with E-state index >= 15 is 0 Å². The maximum Gasteiger partial charge on any atom is 0.220 e. The van der Waals surface area contributed by atoms with E-state index in [1.54, 1.807) is 20.4 Å². The smallest absolute Gasteiger partial charge is 0.220 e. The van der Waals surface area contributed by atoms with Gasteiger partial charge in [0.15, 0.2) is 23.1 Å². The van der Waals surface area contributed by atoms with Gasteiger partial charge in [0.1, 0.15) is 0 Å². The molecule has 29 heavy (non-hydrogen) atoms. The van der Waals surface area contributed by atoms with Crippen LogP contribution in [0.3, 0.4) is 0 Å². The molecule has 0 aliphatic heterocycles. The van der Waals surface area contributed by atoms with Crippen LogP contribution in [0.2, 0.25) is 0 Å². The normalized spacial score (nSPS) is 11.7. The van der Waals surface area contributed by atoms with E-state index in [1.807, 2.05) is 56.3 Å². The molecule has 1 N–H and O–H groups in total. The number of amides is 1. The van der Waals surface area contributed by atoms with Crippen LogP contribution < -0.4 is 14.8 Å². The molecule has 2 aromatic carbocycles. The Morgan fingerprint density at radius 2 is 1.83 bits per heavy atom. The first kappa shape index (κ1) is 20.5. The summed E-state index contributed by atoms with van der Waals surface area (Å²) in [5.74, 6) is 2.48. The van der Waals surface area contributed by atoms with Gasteiger partial charge in [-0.2, -0.15) is 0 Å². The zero-order valence-electron chi connectivity index (χ0n) is 17.2. The van der Waals surface area contributed by atoms with E-state index in [0.717, 1.165) is 11.1 Å². The van der Waals surface area contributed by atoms with Crippen LogP contribution in [-0.2, 0) is 11.2 Å². The molecule has 152 valence electrons. The lowest BCUT2D eigenvalue weighted by Gasteiger charge is -2.16. The molecule has 0 bridgehead atoms. The molecular weight excluding hydrogens is 368 g/mol. The molecule has 3 rings (SSSR count). The average molecular weight is 394 g/mol. The van der Waals surface area contributed by atoms with E-state index in [9.17, 15) is 4.79 Å². The van der Waals surface area contributed by atoms with Crippen molar-refractivity contribution in [1.82, 2.24) is 10.3 Å². The van der Waals surface area contributed by atoms with Gasteiger partial charge in [-0.1, -0.05) is 35.9 Å². The van der Waals surface area contributed by atoms with Crippen LogP contribution in [0.25, 0.3) is 11.3 Å². The zero-order valence-corrected chi connectivity index (χ0v) is 17.2. The van der Waals surface area contributed by atoms with Crippen molar-refractivity contribution in [2.24, 2.45) is 0 Å². The molecule has 6 nitrogen and oxygen atoms in total. The van der Waals surface area contributed by atoms with E-state index < -0.39 is 0 Å². The lowest BCUT2D eigenvalue weighted by Crippen LogP contribution is -2.26. The maximum absolute atomic E-state index is 12.4. The Hall–Kier alpha value is -3.28. The number of methoxy groups -OCH3 is 2. The van der Waals surface area contributed by atoms with Crippen molar-refractivity contribution in [2.75, 3.05) is 14.2 Å². The highest BCUT2D eigenvalue weighted by molar-refractivity contribution is 5.76. The molecule has 1 unspecified atom stereocenters. The molecule has 1 atom stereocenters. The summed E-state index contributed by atoms with van der Waals surface area (Å²) in [7, 11) is 3.18. The highest BCUT2D eigenvalue weighted by atomic mass is 16.5. The second kappa shape index (κ2) is 9.28. The van der Waals surface area contributed by atoms with Crippen molar-refractivity contribution in [3.63, 3.8) is 0 Å². The molecule has 0 aliphatic rings. The van der Waals surface area contributed by atoms with Crippen molar-refractivity contribution in [3.05, 3.63) is 65.7 Å². The fourth-order valence-corrected chi connectivity index (χ4v) is 3.02. The number of aromatic nitrogens is 1. The first-order valence-corrected chi connectivity index (χ1v) is 9.53. The predicted molar refractivity (Wildman–Crippen MR) is 111 cm³/mol. The Kier molecular flexibility index (Phi) is 6.54. The van der Waals surface area contributed by atoms with Gasteiger partial charge < -0.3 is 19.2 Å². The fourth-order valence-electron chi connectivity index (χ4n) is 3.02. The van der Waals surface area contributed by atoms with Crippen LogP contribution >= 0.6 is 0 Å². The fraction of sp³-hybridized carbons (Fsp3) is 0.304. The number of hydrogen-bond acceptors (Lipinski definition) is 5. The van der Waals surface area contributed by atoms with E-state index in [-0.39, 0.29) is 11.9 Å². The third-order valence-corrected chi connectivity index (χ3v) is 4.74. The first-order chi connectivity index (χ1) is 14.0. The van der Waals surface area contributed by atoms with Crippen LogP contribution in [0.4, 0.5) is 0 Å². The summed E-state index contributed by atoms with van der Waals surface area (Å²) in [5.41, 5.74) is 3.10. The summed E-state index contributed by atoms with van der Waals surface area (Å²) in [5, 5.41) is 3.00. The molecule has 0 saturated carbocycles. The van der Waals surface area contributed by atoms with Gasteiger partial charge in [0.2, 0.25) is 5.91 Å². The molecule has 1 amide bonds. The van der Waals surface area contributed by atoms with Gasteiger partial charge in [0.05, 0.1) is 26.5 Å². The molecule has 0 saturated heterocycles. The van der Waals surface area contributed by atoms with Crippen molar-refractivity contribution in [2.45, 2.75) is 32.7 Å². The van der Waals surface area contributed by atoms with Crippen molar-refractivity contribution < 1.29 is 18.7 Å². The highest BCUT2D eigenvalue weighted by Crippen LogP contribution is 2.30. The number of ether oxygens (including phenoxy) is 2. The number of nitrogens with one attached hydrogen (secondary N) is 1. The zero-order chi connectivity index (χ0) is 20.8. The van der Waals surface area contributed by atoms with Gasteiger partial charge >= 0.3 is 0 Å². The molecule has 1 aromatic heterocycles. The second-order valence-corrected chi connectivity index (χ2v) is 6.89. The SMILES string of the molecule is COc1ccc(C(C)NC(=O)CCc2ncc(-c3ccc(C)cc3)o2)cc1OC. The van der Waals surface area contributed by atoms with Gasteiger partial charge in [-0.3, -0.25) is 4.79 Å². The van der Waals surface area contributed by atoms with Gasteiger partial charge in [-0.25, -0.2) is 4.98 Å². The Morgan fingerprint density at radius 3 is 2.52 bits per heavy atom. The number of oxazole rings is 1. The third kappa shape index (κ3) is 5.16. The molecule has 0 spiro atoms. The molecular formula is C23H26N2O4. The summed E-state index contributed by atoms with van der Waals surface area (Å²) in [4.78, 5) is 16.6. The second-order valence-electron chi connectivity index (χ2n) is 6.89. The molecule has 3 aromatic rings. The maximum atomic E-state index is 12.4. The van der Waals surface area contributed by atoms with Crippen LogP contribution in [0, 0.1) is 6.92 Å². The standard InChI is InChI=1S/C23H26N2O4/c1-15-5-7-17(8-6-15)21-14-24-23(29-21)12-11-22(26)25-16(2)18-9-10-19(27-3)20(13-18)28-4/h5-10,13-14,16H,11-12H2,1-4H3,(H,25,26). The Bertz CT molecular complexity index is 963. The monoisotopic (exact) mass is 394 g/mol. The minimum Gasteiger partial charge on any atom is -0.493 e. The minimum atomic E-state index is -0.157. The van der Waals surface area contributed by atoms with E-state index in [4.69, 9.17) is 13.9 Å². The number of carbonyl (C=O) groups is 1. The molecule has 6 heteroatoms. The van der Waals surface area contributed by atoms with Gasteiger partial charge in [0.25, 0.3) is 0 Å². The molecule has 0 fully saturated rings. The summed E-state index contributed by atoms with van der Waals surface area (Å²) in [6.07, 6.45) is 2.44. The van der Waals surface area contributed by atoms with Gasteiger partial charge in [0, 0.05) is 18.4 Å². The highest BCUT2D eigenvalue weighted by Gasteiger charge is 2.14. The Labute approximate surface area is 170 Å². The topological polar surface area (TPSA) is 73.6 Å². The van der Waals surface area contributed by atoms with Crippen LogP contribution in [0.15, 0.2) is 53.1 Å². The lowest BCUT2D eigenvalue weighted by atomic mass is 10.1. The number of hydrogen-bond donors (Lipinski definition) is 1. The summed E-state index contributed by atoms with van der Waals surface area (Å²) in [6.45, 7) is 3.97. The molecule has 0 aliphatic carbocycles. The van der Waals surface area contributed by atoms with Crippen LogP contribution in [0.5, 0.6) is 11.5 Å². The van der Waals surface area contributed by atoms with Crippen LogP contribution in [-0.4, -0.2) is 25.1 Å². The Morgan fingerprint density at radius 1 is 1.10 bits per heavy atom. The van der Waals surface area contributed by atoms with Crippen LogP contribution in [0.1, 0.15) is 36.4 Å². The summed E-state index contributed by atoms with van der Waals surface area (Å²) < 4.78 is 16.4. The largest absolute Gasteiger partial charge is 0.493 e. The number of benzene rings is 2. The number of nitrogens with zero attached hydrogens (tertiary/aromatic N) is 1. The predicted octanol–water partition coefficient (Wildman–Crippen LogP) is 4.48. The van der Waals surface area contributed by atoms with E-state index in [1.165, 1.54) is 5.56 Å². The van der Waals surface area contributed by atoms with Crippen molar-refractivity contribution in [1.29, 1.82) is 0 Å². The minimum absolute atomic E-state index is 0.0672.